The minimum Gasteiger partial charge on any atom is -0.466 e. The molecule has 1 atom stereocenters. The fraction of sp³-hybridized carbons (Fsp3) is 0.857. The average molecular weight is 286 g/mol. The Bertz CT molecular complexity index is 297. The molecule has 1 unspecified atom stereocenters. The molecule has 0 bridgehead atoms. The molecule has 0 amide bonds. The van der Waals surface area contributed by atoms with Gasteiger partial charge in [-0.15, -0.1) is 0 Å². The van der Waals surface area contributed by atoms with Crippen molar-refractivity contribution in [1.82, 2.24) is 4.90 Å². The van der Waals surface area contributed by atoms with E-state index in [0.29, 0.717) is 23.9 Å². The van der Waals surface area contributed by atoms with Crippen molar-refractivity contribution in [2.45, 2.75) is 45.4 Å². The van der Waals surface area contributed by atoms with Gasteiger partial charge in [-0.3, -0.25) is 4.79 Å². The molecular weight excluding hydrogens is 260 g/mol. The standard InChI is InChI=1S/C14H26N2O2S/c1-2-18-13(17)8-4-3-5-9-16-10-6-7-12(11-16)14(15)19/h12H,2-11H2,1H3,(H2,15,19). The summed E-state index contributed by atoms with van der Waals surface area (Å²) in [7, 11) is 0. The van der Waals surface area contributed by atoms with Crippen LogP contribution in [0.25, 0.3) is 0 Å². The first kappa shape index (κ1) is 16.4. The molecule has 5 heteroatoms. The van der Waals surface area contributed by atoms with E-state index in [-0.39, 0.29) is 5.97 Å². The lowest BCUT2D eigenvalue weighted by Gasteiger charge is -2.32. The highest BCUT2D eigenvalue weighted by molar-refractivity contribution is 7.80. The van der Waals surface area contributed by atoms with Gasteiger partial charge in [-0.25, -0.2) is 0 Å². The van der Waals surface area contributed by atoms with E-state index in [0.717, 1.165) is 45.3 Å². The third kappa shape index (κ3) is 6.87. The summed E-state index contributed by atoms with van der Waals surface area (Å²) < 4.78 is 4.90. The van der Waals surface area contributed by atoms with Crippen molar-refractivity contribution in [3.05, 3.63) is 0 Å². The van der Waals surface area contributed by atoms with Gasteiger partial charge >= 0.3 is 5.97 Å². The molecule has 0 radical (unpaired) electrons. The normalized spacial score (nSPS) is 20.2. The Morgan fingerprint density at radius 1 is 1.42 bits per heavy atom. The maximum Gasteiger partial charge on any atom is 0.305 e. The van der Waals surface area contributed by atoms with Crippen molar-refractivity contribution in [2.75, 3.05) is 26.2 Å². The zero-order valence-electron chi connectivity index (χ0n) is 11.9. The molecule has 19 heavy (non-hydrogen) atoms. The van der Waals surface area contributed by atoms with Crippen LogP contribution in [0.2, 0.25) is 0 Å². The molecule has 0 spiro atoms. The second-order valence-electron chi connectivity index (χ2n) is 5.16. The SMILES string of the molecule is CCOC(=O)CCCCCN1CCCC(C(N)=S)C1. The Morgan fingerprint density at radius 3 is 2.89 bits per heavy atom. The Kier molecular flexibility index (Phi) is 7.98. The molecule has 1 aliphatic heterocycles. The lowest BCUT2D eigenvalue weighted by Crippen LogP contribution is -2.40. The number of piperidine rings is 1. The van der Waals surface area contributed by atoms with Crippen LogP contribution in [0.4, 0.5) is 0 Å². The second kappa shape index (κ2) is 9.26. The maximum atomic E-state index is 11.2. The minimum atomic E-state index is -0.0750. The van der Waals surface area contributed by atoms with E-state index < -0.39 is 0 Å². The van der Waals surface area contributed by atoms with Crippen LogP contribution in [0.15, 0.2) is 0 Å². The number of unbranched alkanes of at least 4 members (excludes halogenated alkanes) is 2. The van der Waals surface area contributed by atoms with Crippen molar-refractivity contribution < 1.29 is 9.53 Å². The first-order valence-electron chi connectivity index (χ1n) is 7.30. The summed E-state index contributed by atoms with van der Waals surface area (Å²) in [5, 5.41) is 0. The summed E-state index contributed by atoms with van der Waals surface area (Å²) >= 11 is 5.08. The van der Waals surface area contributed by atoms with E-state index in [2.05, 4.69) is 4.90 Å². The summed E-state index contributed by atoms with van der Waals surface area (Å²) in [5.41, 5.74) is 5.72. The smallest absolute Gasteiger partial charge is 0.305 e. The van der Waals surface area contributed by atoms with Gasteiger partial charge in [-0.05, 0) is 45.7 Å². The first-order chi connectivity index (χ1) is 9.13. The molecule has 1 aliphatic rings. The van der Waals surface area contributed by atoms with Gasteiger partial charge in [-0.1, -0.05) is 18.6 Å². The molecule has 0 aromatic carbocycles. The van der Waals surface area contributed by atoms with Crippen molar-refractivity contribution in [3.63, 3.8) is 0 Å². The number of rotatable bonds is 8. The number of nitrogens with two attached hydrogens (primary N) is 1. The number of esters is 1. The van der Waals surface area contributed by atoms with Crippen LogP contribution in [0.3, 0.4) is 0 Å². The van der Waals surface area contributed by atoms with E-state index in [1.165, 1.54) is 6.42 Å². The number of carbonyl (C=O) groups excluding carboxylic acids is 1. The van der Waals surface area contributed by atoms with Gasteiger partial charge in [-0.2, -0.15) is 0 Å². The molecule has 1 rings (SSSR count). The summed E-state index contributed by atoms with van der Waals surface area (Å²) in [4.78, 5) is 14.3. The Morgan fingerprint density at radius 2 is 2.21 bits per heavy atom. The van der Waals surface area contributed by atoms with Crippen LogP contribution in [-0.4, -0.2) is 42.1 Å². The van der Waals surface area contributed by atoms with Crippen molar-refractivity contribution in [1.29, 1.82) is 0 Å². The average Bonchev–Trinajstić information content (AvgIpc) is 2.39. The number of nitrogens with zero attached hydrogens (tertiary/aromatic N) is 1. The monoisotopic (exact) mass is 286 g/mol. The van der Waals surface area contributed by atoms with E-state index in [9.17, 15) is 4.79 Å². The molecule has 1 heterocycles. The van der Waals surface area contributed by atoms with E-state index in [1.54, 1.807) is 0 Å². The fourth-order valence-electron chi connectivity index (χ4n) is 2.51. The molecule has 110 valence electrons. The Labute approximate surface area is 121 Å². The van der Waals surface area contributed by atoms with Crippen LogP contribution in [-0.2, 0) is 9.53 Å². The molecule has 2 N–H and O–H groups in total. The van der Waals surface area contributed by atoms with Gasteiger partial charge < -0.3 is 15.4 Å². The number of thiocarbonyl (C=S) groups is 1. The van der Waals surface area contributed by atoms with E-state index in [1.807, 2.05) is 6.92 Å². The van der Waals surface area contributed by atoms with Crippen molar-refractivity contribution in [3.8, 4) is 0 Å². The number of hydrogen-bond acceptors (Lipinski definition) is 4. The number of ether oxygens (including phenoxy) is 1. The predicted octanol–water partition coefficient (Wildman–Crippen LogP) is 2.11. The number of hydrogen-bond donors (Lipinski definition) is 1. The zero-order chi connectivity index (χ0) is 14.1. The van der Waals surface area contributed by atoms with Crippen LogP contribution in [0.5, 0.6) is 0 Å². The summed E-state index contributed by atoms with van der Waals surface area (Å²) in [5.74, 6) is 0.317. The van der Waals surface area contributed by atoms with Crippen LogP contribution in [0.1, 0.15) is 45.4 Å². The maximum absolute atomic E-state index is 11.2. The van der Waals surface area contributed by atoms with Crippen LogP contribution in [0, 0.1) is 5.92 Å². The predicted molar refractivity (Wildman–Crippen MR) is 81.1 cm³/mol. The molecule has 0 aliphatic carbocycles. The third-order valence-electron chi connectivity index (χ3n) is 3.57. The molecule has 0 aromatic heterocycles. The molecule has 1 saturated heterocycles. The summed E-state index contributed by atoms with van der Waals surface area (Å²) in [6.45, 7) is 5.56. The van der Waals surface area contributed by atoms with Gasteiger partial charge in [0.05, 0.1) is 11.6 Å². The highest BCUT2D eigenvalue weighted by Gasteiger charge is 2.21. The van der Waals surface area contributed by atoms with Crippen LogP contribution >= 0.6 is 12.2 Å². The first-order valence-corrected chi connectivity index (χ1v) is 7.71. The molecule has 0 saturated carbocycles. The molecule has 1 fully saturated rings. The molecule has 0 aromatic rings. The van der Waals surface area contributed by atoms with E-state index in [4.69, 9.17) is 22.7 Å². The lowest BCUT2D eigenvalue weighted by atomic mass is 9.98. The molecule has 4 nitrogen and oxygen atoms in total. The molecular formula is C14H26N2O2S. The Hall–Kier alpha value is -0.680. The van der Waals surface area contributed by atoms with Gasteiger partial charge in [0.25, 0.3) is 0 Å². The number of carbonyl (C=O) groups is 1. The second-order valence-corrected chi connectivity index (χ2v) is 5.63. The van der Waals surface area contributed by atoms with E-state index >= 15 is 0 Å². The van der Waals surface area contributed by atoms with Crippen LogP contribution < -0.4 is 5.73 Å². The highest BCUT2D eigenvalue weighted by atomic mass is 32.1. The summed E-state index contributed by atoms with van der Waals surface area (Å²) in [6.07, 6.45) is 5.99. The fourth-order valence-corrected chi connectivity index (χ4v) is 2.70. The van der Waals surface area contributed by atoms with Crippen molar-refractivity contribution >= 4 is 23.2 Å². The number of likely N-dealkylation sites (tertiary alicyclic amines) is 1. The topological polar surface area (TPSA) is 55.6 Å². The van der Waals surface area contributed by atoms with Gasteiger partial charge in [0.1, 0.15) is 0 Å². The largest absolute Gasteiger partial charge is 0.466 e. The van der Waals surface area contributed by atoms with Gasteiger partial charge in [0, 0.05) is 18.9 Å². The highest BCUT2D eigenvalue weighted by Crippen LogP contribution is 2.17. The summed E-state index contributed by atoms with van der Waals surface area (Å²) in [6, 6.07) is 0. The quantitative estimate of drug-likeness (QED) is 0.421. The third-order valence-corrected chi connectivity index (χ3v) is 3.90. The zero-order valence-corrected chi connectivity index (χ0v) is 12.7. The lowest BCUT2D eigenvalue weighted by molar-refractivity contribution is -0.143. The van der Waals surface area contributed by atoms with Gasteiger partial charge in [0.2, 0.25) is 0 Å². The minimum absolute atomic E-state index is 0.0750. The van der Waals surface area contributed by atoms with Gasteiger partial charge in [0.15, 0.2) is 0 Å². The Balaban J connectivity index is 2.06. The van der Waals surface area contributed by atoms with Crippen molar-refractivity contribution in [2.24, 2.45) is 11.7 Å².